The summed E-state index contributed by atoms with van der Waals surface area (Å²) in [5.74, 6) is 1.06. The van der Waals surface area contributed by atoms with Crippen molar-refractivity contribution in [3.8, 4) is 0 Å². The fourth-order valence-corrected chi connectivity index (χ4v) is 3.19. The number of benzene rings is 1. The average molecular weight is 296 g/mol. The fraction of sp³-hybridized carbons (Fsp3) is 0.533. The number of nitrogens with one attached hydrogen (secondary N) is 2. The summed E-state index contributed by atoms with van der Waals surface area (Å²) in [6.07, 6.45) is 0.824. The first-order valence-electron chi connectivity index (χ1n) is 6.96. The Morgan fingerprint density at radius 3 is 2.85 bits per heavy atom. The van der Waals surface area contributed by atoms with Crippen LogP contribution in [0.25, 0.3) is 0 Å². The Morgan fingerprint density at radius 1 is 1.40 bits per heavy atom. The van der Waals surface area contributed by atoms with Crippen molar-refractivity contribution in [2.24, 2.45) is 5.92 Å². The Labute approximate surface area is 123 Å². The van der Waals surface area contributed by atoms with Crippen molar-refractivity contribution in [2.75, 3.05) is 5.75 Å². The number of halogens is 1. The van der Waals surface area contributed by atoms with E-state index in [0.29, 0.717) is 5.92 Å². The van der Waals surface area contributed by atoms with Gasteiger partial charge in [-0.2, -0.15) is 0 Å². The molecular formula is C15H21FN2OS. The molecule has 0 bridgehead atoms. The summed E-state index contributed by atoms with van der Waals surface area (Å²) in [6.45, 7) is 6.11. The van der Waals surface area contributed by atoms with Gasteiger partial charge in [0.1, 0.15) is 5.82 Å². The molecule has 5 heteroatoms. The van der Waals surface area contributed by atoms with Crippen LogP contribution in [0.5, 0.6) is 0 Å². The number of carbonyl (C=O) groups is 1. The van der Waals surface area contributed by atoms with Gasteiger partial charge in [0.15, 0.2) is 0 Å². The Morgan fingerprint density at radius 2 is 2.15 bits per heavy atom. The monoisotopic (exact) mass is 296 g/mol. The first-order valence-corrected chi connectivity index (χ1v) is 7.95. The molecule has 1 aliphatic rings. The smallest absolute Gasteiger partial charge is 0.315 e. The predicted molar refractivity (Wildman–Crippen MR) is 80.4 cm³/mol. The van der Waals surface area contributed by atoms with E-state index in [0.717, 1.165) is 22.6 Å². The maximum absolute atomic E-state index is 13.4. The van der Waals surface area contributed by atoms with Crippen LogP contribution < -0.4 is 10.6 Å². The van der Waals surface area contributed by atoms with E-state index in [9.17, 15) is 9.18 Å². The van der Waals surface area contributed by atoms with Gasteiger partial charge in [0, 0.05) is 16.7 Å². The second-order valence-electron chi connectivity index (χ2n) is 5.52. The fourth-order valence-electron chi connectivity index (χ4n) is 2.09. The summed E-state index contributed by atoms with van der Waals surface area (Å²) >= 11 is 1.71. The van der Waals surface area contributed by atoms with Gasteiger partial charge in [0.2, 0.25) is 0 Å². The van der Waals surface area contributed by atoms with Gasteiger partial charge in [-0.25, -0.2) is 9.18 Å². The number of hydrogen-bond acceptors (Lipinski definition) is 2. The molecule has 20 heavy (non-hydrogen) atoms. The van der Waals surface area contributed by atoms with E-state index in [1.807, 2.05) is 6.92 Å². The van der Waals surface area contributed by atoms with Crippen LogP contribution in [0.2, 0.25) is 0 Å². The molecule has 0 aliphatic carbocycles. The quantitative estimate of drug-likeness (QED) is 0.893. The van der Waals surface area contributed by atoms with E-state index in [4.69, 9.17) is 0 Å². The van der Waals surface area contributed by atoms with Crippen LogP contribution in [-0.4, -0.2) is 17.8 Å². The zero-order valence-corrected chi connectivity index (χ0v) is 12.9. The summed E-state index contributed by atoms with van der Waals surface area (Å²) in [5, 5.41) is 5.88. The average Bonchev–Trinajstić information content (AvgIpc) is 2.39. The van der Waals surface area contributed by atoms with Crippen LogP contribution in [-0.2, 0) is 0 Å². The van der Waals surface area contributed by atoms with Crippen molar-refractivity contribution < 1.29 is 9.18 Å². The van der Waals surface area contributed by atoms with Crippen LogP contribution in [0.1, 0.15) is 38.8 Å². The highest BCUT2D eigenvalue weighted by molar-refractivity contribution is 7.99. The molecule has 2 amide bonds. The molecule has 1 aliphatic heterocycles. The summed E-state index contributed by atoms with van der Waals surface area (Å²) in [4.78, 5) is 13.1. The first-order chi connectivity index (χ1) is 9.47. The minimum absolute atomic E-state index is 0.110. The van der Waals surface area contributed by atoms with Crippen LogP contribution >= 0.6 is 11.8 Å². The van der Waals surface area contributed by atoms with Crippen LogP contribution in [0.4, 0.5) is 9.18 Å². The van der Waals surface area contributed by atoms with E-state index in [-0.39, 0.29) is 23.9 Å². The van der Waals surface area contributed by atoms with Gasteiger partial charge in [-0.05, 0) is 43.0 Å². The van der Waals surface area contributed by atoms with Gasteiger partial charge in [-0.3, -0.25) is 0 Å². The molecule has 0 saturated carbocycles. The molecule has 1 aromatic rings. The molecular weight excluding hydrogens is 275 g/mol. The molecule has 0 saturated heterocycles. The van der Waals surface area contributed by atoms with E-state index in [1.54, 1.807) is 17.8 Å². The Balaban J connectivity index is 2.04. The minimum Gasteiger partial charge on any atom is -0.335 e. The Hall–Kier alpha value is -1.23. The van der Waals surface area contributed by atoms with Crippen molar-refractivity contribution >= 4 is 17.8 Å². The van der Waals surface area contributed by atoms with Crippen molar-refractivity contribution in [3.05, 3.63) is 29.6 Å². The molecule has 0 radical (unpaired) electrons. The van der Waals surface area contributed by atoms with Gasteiger partial charge in [0.25, 0.3) is 0 Å². The summed E-state index contributed by atoms with van der Waals surface area (Å²) in [5.41, 5.74) is 0.883. The second-order valence-corrected chi connectivity index (χ2v) is 6.66. The van der Waals surface area contributed by atoms with Gasteiger partial charge < -0.3 is 10.6 Å². The maximum Gasteiger partial charge on any atom is 0.315 e. The van der Waals surface area contributed by atoms with E-state index in [2.05, 4.69) is 24.5 Å². The molecule has 110 valence electrons. The van der Waals surface area contributed by atoms with Crippen molar-refractivity contribution in [3.63, 3.8) is 0 Å². The normalized spacial score (nSPS) is 19.4. The van der Waals surface area contributed by atoms with Crippen molar-refractivity contribution in [1.29, 1.82) is 0 Å². The van der Waals surface area contributed by atoms with Gasteiger partial charge in [0.05, 0.1) is 6.04 Å². The highest BCUT2D eigenvalue weighted by atomic mass is 32.2. The summed E-state index contributed by atoms with van der Waals surface area (Å²) in [7, 11) is 0. The largest absolute Gasteiger partial charge is 0.335 e. The lowest BCUT2D eigenvalue weighted by Gasteiger charge is -2.27. The summed E-state index contributed by atoms with van der Waals surface area (Å²) < 4.78 is 13.4. The lowest BCUT2D eigenvalue weighted by Crippen LogP contribution is -2.44. The first kappa shape index (κ1) is 15.2. The van der Waals surface area contributed by atoms with Crippen LogP contribution in [0.3, 0.4) is 0 Å². The molecule has 2 atom stereocenters. The zero-order valence-electron chi connectivity index (χ0n) is 12.1. The molecule has 2 N–H and O–H groups in total. The number of urea groups is 1. The van der Waals surface area contributed by atoms with Crippen LogP contribution in [0.15, 0.2) is 23.1 Å². The van der Waals surface area contributed by atoms with Gasteiger partial charge in [-0.15, -0.1) is 11.8 Å². The SMILES string of the molecule is CC(C)C(C)NC(=O)NC1CCSc2ccc(F)cc21. The number of hydrogen-bond donors (Lipinski definition) is 2. The van der Waals surface area contributed by atoms with Crippen molar-refractivity contribution in [2.45, 2.75) is 44.2 Å². The minimum atomic E-state index is -0.256. The maximum atomic E-state index is 13.4. The Bertz CT molecular complexity index is 493. The van der Waals surface area contributed by atoms with Gasteiger partial charge in [-0.1, -0.05) is 13.8 Å². The van der Waals surface area contributed by atoms with Gasteiger partial charge >= 0.3 is 6.03 Å². The molecule has 3 nitrogen and oxygen atoms in total. The van der Waals surface area contributed by atoms with E-state index < -0.39 is 0 Å². The highest BCUT2D eigenvalue weighted by Gasteiger charge is 2.23. The lowest BCUT2D eigenvalue weighted by molar-refractivity contribution is 0.230. The molecule has 2 unspecified atom stereocenters. The molecule has 2 rings (SSSR count). The molecule has 1 aromatic carbocycles. The molecule has 0 aromatic heterocycles. The topological polar surface area (TPSA) is 41.1 Å². The highest BCUT2D eigenvalue weighted by Crippen LogP contribution is 2.36. The van der Waals surface area contributed by atoms with E-state index >= 15 is 0 Å². The number of fused-ring (bicyclic) bond motifs is 1. The number of carbonyl (C=O) groups excluding carboxylic acids is 1. The zero-order chi connectivity index (χ0) is 14.7. The third-order valence-corrected chi connectivity index (χ3v) is 4.80. The Kier molecular flexibility index (Phi) is 4.91. The third kappa shape index (κ3) is 3.66. The summed E-state index contributed by atoms with van der Waals surface area (Å²) in [6, 6.07) is 4.60. The van der Waals surface area contributed by atoms with E-state index in [1.165, 1.54) is 12.1 Å². The lowest BCUT2D eigenvalue weighted by atomic mass is 10.0. The predicted octanol–water partition coefficient (Wildman–Crippen LogP) is 3.71. The number of amides is 2. The second kappa shape index (κ2) is 6.48. The standard InChI is InChI=1S/C15H21FN2OS/c1-9(2)10(3)17-15(19)18-13-6-7-20-14-5-4-11(16)8-12(13)14/h4-5,8-10,13H,6-7H2,1-3H3,(H2,17,18,19). The van der Waals surface area contributed by atoms with Crippen LogP contribution in [0, 0.1) is 11.7 Å². The molecule has 0 fully saturated rings. The number of rotatable bonds is 3. The molecule has 0 spiro atoms. The number of thioether (sulfide) groups is 1. The third-order valence-electron chi connectivity index (χ3n) is 3.68. The van der Waals surface area contributed by atoms with Crippen molar-refractivity contribution in [1.82, 2.24) is 10.6 Å². The molecule has 1 heterocycles.